The fourth-order valence-electron chi connectivity index (χ4n) is 0.535. The Morgan fingerprint density at radius 2 is 2.00 bits per heavy atom. The number of likely N-dealkylation sites (N-methyl/N-ethyl adjacent to an activating group) is 1. The van der Waals surface area contributed by atoms with Crippen LogP contribution in [-0.4, -0.2) is 31.6 Å². The van der Waals surface area contributed by atoms with Gasteiger partial charge in [0.2, 0.25) is 0 Å². The van der Waals surface area contributed by atoms with Gasteiger partial charge in [-0.25, -0.2) is 0 Å². The van der Waals surface area contributed by atoms with Crippen LogP contribution in [0, 0.1) is 0 Å². The van der Waals surface area contributed by atoms with Gasteiger partial charge >= 0.3 is 0 Å². The van der Waals surface area contributed by atoms with Gasteiger partial charge in [0.25, 0.3) is 0 Å². The van der Waals surface area contributed by atoms with Gasteiger partial charge in [-0.1, -0.05) is 0 Å². The topological polar surface area (TPSA) is 38.3 Å². The first-order valence-corrected chi connectivity index (χ1v) is 3.89. The normalized spacial score (nSPS) is 13.5. The summed E-state index contributed by atoms with van der Waals surface area (Å²) in [4.78, 5) is 11.1. The maximum atomic E-state index is 11.1. The van der Waals surface area contributed by atoms with Gasteiger partial charge in [-0.3, -0.25) is 4.79 Å². The number of carbonyl (C=O) groups is 1. The van der Waals surface area contributed by atoms with Gasteiger partial charge in [0, 0.05) is 0 Å². The van der Waals surface area contributed by atoms with Crippen LogP contribution in [0.5, 0.6) is 0 Å². The molecule has 0 amide bonds. The standard InChI is InChI=1S/C8H17NO2/c1-6(2)11-5-8(10)7(3)9-4/h6-7,9H,5H2,1-4H3. The van der Waals surface area contributed by atoms with Gasteiger partial charge in [-0.05, 0) is 27.8 Å². The van der Waals surface area contributed by atoms with E-state index in [4.69, 9.17) is 4.74 Å². The first kappa shape index (κ1) is 10.6. The predicted molar refractivity (Wildman–Crippen MR) is 44.6 cm³/mol. The fourth-order valence-corrected chi connectivity index (χ4v) is 0.535. The third kappa shape index (κ3) is 4.93. The summed E-state index contributed by atoms with van der Waals surface area (Å²) >= 11 is 0. The average molecular weight is 159 g/mol. The van der Waals surface area contributed by atoms with Crippen molar-refractivity contribution in [3.8, 4) is 0 Å². The number of rotatable bonds is 5. The third-order valence-corrected chi connectivity index (χ3v) is 1.47. The van der Waals surface area contributed by atoms with Gasteiger partial charge in [0.05, 0.1) is 12.1 Å². The Kier molecular flexibility index (Phi) is 5.07. The molecule has 0 saturated carbocycles. The molecule has 0 heterocycles. The Bertz CT molecular complexity index is 123. The van der Waals surface area contributed by atoms with Gasteiger partial charge in [-0.2, -0.15) is 0 Å². The number of ketones is 1. The van der Waals surface area contributed by atoms with Crippen LogP contribution in [0.15, 0.2) is 0 Å². The molecule has 0 rings (SSSR count). The molecule has 0 aliphatic heterocycles. The summed E-state index contributed by atoms with van der Waals surface area (Å²) in [5.74, 6) is 0.0983. The summed E-state index contributed by atoms with van der Waals surface area (Å²) in [5, 5.41) is 2.86. The summed E-state index contributed by atoms with van der Waals surface area (Å²) in [5.41, 5.74) is 0. The Hall–Kier alpha value is -0.410. The van der Waals surface area contributed by atoms with E-state index in [9.17, 15) is 4.79 Å². The molecule has 1 N–H and O–H groups in total. The number of nitrogens with one attached hydrogen (secondary N) is 1. The van der Waals surface area contributed by atoms with E-state index in [-0.39, 0.29) is 24.5 Å². The molecule has 0 aromatic heterocycles. The number of ether oxygens (including phenoxy) is 1. The van der Waals surface area contributed by atoms with E-state index < -0.39 is 0 Å². The molecular formula is C8H17NO2. The van der Waals surface area contributed by atoms with Crippen molar-refractivity contribution < 1.29 is 9.53 Å². The van der Waals surface area contributed by atoms with Crippen LogP contribution < -0.4 is 5.32 Å². The Balaban J connectivity index is 3.52. The zero-order valence-electron chi connectivity index (χ0n) is 7.68. The molecule has 0 aromatic rings. The van der Waals surface area contributed by atoms with Crippen molar-refractivity contribution in [3.63, 3.8) is 0 Å². The van der Waals surface area contributed by atoms with Crippen LogP contribution in [0.25, 0.3) is 0 Å². The Morgan fingerprint density at radius 3 is 2.36 bits per heavy atom. The summed E-state index contributed by atoms with van der Waals surface area (Å²) in [6.45, 7) is 5.86. The maximum absolute atomic E-state index is 11.1. The number of carbonyl (C=O) groups excluding carboxylic acids is 1. The molecule has 1 unspecified atom stereocenters. The summed E-state index contributed by atoms with van der Waals surface area (Å²) in [6.07, 6.45) is 0.128. The lowest BCUT2D eigenvalue weighted by Crippen LogP contribution is -2.34. The predicted octanol–water partition coefficient (Wildman–Crippen LogP) is 0.588. The van der Waals surface area contributed by atoms with Crippen molar-refractivity contribution in [3.05, 3.63) is 0 Å². The zero-order valence-corrected chi connectivity index (χ0v) is 7.68. The highest BCUT2D eigenvalue weighted by Gasteiger charge is 2.10. The van der Waals surface area contributed by atoms with E-state index in [1.807, 2.05) is 20.8 Å². The summed E-state index contributed by atoms with van der Waals surface area (Å²) in [7, 11) is 1.76. The summed E-state index contributed by atoms with van der Waals surface area (Å²) in [6, 6.07) is -0.103. The maximum Gasteiger partial charge on any atom is 0.174 e. The van der Waals surface area contributed by atoms with Gasteiger partial charge in [0.1, 0.15) is 6.61 Å². The second-order valence-electron chi connectivity index (χ2n) is 2.84. The minimum Gasteiger partial charge on any atom is -0.371 e. The number of hydrogen-bond donors (Lipinski definition) is 1. The van der Waals surface area contributed by atoms with Crippen LogP contribution in [0.1, 0.15) is 20.8 Å². The highest BCUT2D eigenvalue weighted by molar-refractivity contribution is 5.84. The largest absolute Gasteiger partial charge is 0.371 e. The lowest BCUT2D eigenvalue weighted by molar-refractivity contribution is -0.126. The molecule has 3 heteroatoms. The second kappa shape index (κ2) is 5.27. The van der Waals surface area contributed by atoms with Crippen LogP contribution >= 0.6 is 0 Å². The molecule has 0 radical (unpaired) electrons. The molecule has 0 saturated heterocycles. The van der Waals surface area contributed by atoms with Crippen LogP contribution in [0.2, 0.25) is 0 Å². The fraction of sp³-hybridized carbons (Fsp3) is 0.875. The molecule has 0 aliphatic carbocycles. The highest BCUT2D eigenvalue weighted by atomic mass is 16.5. The van der Waals surface area contributed by atoms with Crippen LogP contribution in [-0.2, 0) is 9.53 Å². The molecule has 0 bridgehead atoms. The lowest BCUT2D eigenvalue weighted by Gasteiger charge is -2.10. The smallest absolute Gasteiger partial charge is 0.174 e. The van der Waals surface area contributed by atoms with E-state index in [1.165, 1.54) is 0 Å². The van der Waals surface area contributed by atoms with E-state index in [0.29, 0.717) is 0 Å². The monoisotopic (exact) mass is 159 g/mol. The molecule has 3 nitrogen and oxygen atoms in total. The van der Waals surface area contributed by atoms with Gasteiger partial charge in [0.15, 0.2) is 5.78 Å². The molecule has 0 aliphatic rings. The second-order valence-corrected chi connectivity index (χ2v) is 2.84. The van der Waals surface area contributed by atoms with Crippen molar-refractivity contribution in [2.75, 3.05) is 13.7 Å². The molecular weight excluding hydrogens is 142 g/mol. The Labute approximate surface area is 68.1 Å². The molecule has 0 spiro atoms. The summed E-state index contributed by atoms with van der Waals surface area (Å²) < 4.78 is 5.14. The zero-order chi connectivity index (χ0) is 8.85. The van der Waals surface area contributed by atoms with Gasteiger partial charge < -0.3 is 10.1 Å². The van der Waals surface area contributed by atoms with E-state index in [2.05, 4.69) is 5.32 Å². The third-order valence-electron chi connectivity index (χ3n) is 1.47. The molecule has 11 heavy (non-hydrogen) atoms. The van der Waals surface area contributed by atoms with Crippen LogP contribution in [0.4, 0.5) is 0 Å². The van der Waals surface area contributed by atoms with E-state index in [1.54, 1.807) is 7.05 Å². The first-order valence-electron chi connectivity index (χ1n) is 3.89. The SMILES string of the molecule is CNC(C)C(=O)COC(C)C. The molecule has 1 atom stereocenters. The van der Waals surface area contributed by atoms with Crippen molar-refractivity contribution >= 4 is 5.78 Å². The highest BCUT2D eigenvalue weighted by Crippen LogP contribution is 1.90. The number of Topliss-reactive ketones (excluding diaryl/α,β-unsaturated/α-hetero) is 1. The van der Waals surface area contributed by atoms with Gasteiger partial charge in [-0.15, -0.1) is 0 Å². The molecule has 66 valence electrons. The van der Waals surface area contributed by atoms with E-state index >= 15 is 0 Å². The Morgan fingerprint density at radius 1 is 1.45 bits per heavy atom. The van der Waals surface area contributed by atoms with Crippen molar-refractivity contribution in [1.82, 2.24) is 5.32 Å². The van der Waals surface area contributed by atoms with Crippen LogP contribution in [0.3, 0.4) is 0 Å². The van der Waals surface area contributed by atoms with Crippen molar-refractivity contribution in [2.24, 2.45) is 0 Å². The number of hydrogen-bond acceptors (Lipinski definition) is 3. The quantitative estimate of drug-likeness (QED) is 0.638. The van der Waals surface area contributed by atoms with Crippen molar-refractivity contribution in [2.45, 2.75) is 32.9 Å². The minimum absolute atomic E-state index is 0.0983. The molecule has 0 aromatic carbocycles. The van der Waals surface area contributed by atoms with E-state index in [0.717, 1.165) is 0 Å². The lowest BCUT2D eigenvalue weighted by atomic mass is 10.2. The van der Waals surface area contributed by atoms with Crippen molar-refractivity contribution in [1.29, 1.82) is 0 Å². The molecule has 0 fully saturated rings. The first-order chi connectivity index (χ1) is 5.07. The average Bonchev–Trinajstić information content (AvgIpc) is 1.98. The minimum atomic E-state index is -0.103.